The first-order valence-corrected chi connectivity index (χ1v) is 9.29. The van der Waals surface area contributed by atoms with Gasteiger partial charge < -0.3 is 5.32 Å². The third kappa shape index (κ3) is 3.37. The van der Waals surface area contributed by atoms with Crippen LogP contribution in [-0.4, -0.2) is 13.7 Å². The van der Waals surface area contributed by atoms with Gasteiger partial charge in [-0.3, -0.25) is 9.27 Å². The molecule has 6 heteroatoms. The quantitative estimate of drug-likeness (QED) is 0.359. The van der Waals surface area contributed by atoms with Crippen LogP contribution in [0.1, 0.15) is 5.56 Å². The lowest BCUT2D eigenvalue weighted by molar-refractivity contribution is 0.570. The molecule has 0 aliphatic carbocycles. The van der Waals surface area contributed by atoms with Gasteiger partial charge >= 0.3 is 0 Å². The van der Waals surface area contributed by atoms with Crippen LogP contribution in [0.2, 0.25) is 0 Å². The van der Waals surface area contributed by atoms with Crippen molar-refractivity contribution in [1.82, 2.24) is 4.98 Å². The summed E-state index contributed by atoms with van der Waals surface area (Å²) in [5.74, 6) is 0. The zero-order chi connectivity index (χ0) is 17.9. The molecule has 5 nitrogen and oxygen atoms in total. The molecule has 3 aromatic carbocycles. The zero-order valence-electron chi connectivity index (χ0n) is 13.8. The summed E-state index contributed by atoms with van der Waals surface area (Å²) in [7, 11) is 0. The highest BCUT2D eigenvalue weighted by Gasteiger charge is 2.08. The predicted octanol–water partition coefficient (Wildman–Crippen LogP) is 4.55. The molecule has 0 saturated heterocycles. The van der Waals surface area contributed by atoms with Crippen molar-refractivity contribution in [2.45, 2.75) is 6.54 Å². The van der Waals surface area contributed by atoms with E-state index in [0.717, 1.165) is 33.1 Å². The summed E-state index contributed by atoms with van der Waals surface area (Å²) in [5, 5.41) is 5.70. The molecule has 1 atom stereocenters. The second kappa shape index (κ2) is 7.11. The van der Waals surface area contributed by atoms with Gasteiger partial charge in [0.1, 0.15) is 0 Å². The number of fused-ring (bicyclic) bond motifs is 2. The fraction of sp³-hybridized carbons (Fsp3) is 0.0500. The summed E-state index contributed by atoms with van der Waals surface area (Å²) < 4.78 is 22.1. The summed E-state index contributed by atoms with van der Waals surface area (Å²) in [4.78, 5) is 4.73. The molecular weight excluding hydrogens is 346 g/mol. The van der Waals surface area contributed by atoms with Crippen LogP contribution in [0.25, 0.3) is 21.8 Å². The minimum absolute atomic E-state index is 0.606. The van der Waals surface area contributed by atoms with E-state index in [1.165, 1.54) is 0 Å². The largest absolute Gasteiger partial charge is 0.380 e. The molecule has 4 rings (SSSR count). The van der Waals surface area contributed by atoms with Crippen molar-refractivity contribution in [3.05, 3.63) is 78.4 Å². The van der Waals surface area contributed by atoms with Gasteiger partial charge in [0.25, 0.3) is 11.3 Å². The van der Waals surface area contributed by atoms with Crippen molar-refractivity contribution in [2.75, 3.05) is 10.0 Å². The van der Waals surface area contributed by atoms with Gasteiger partial charge in [0.15, 0.2) is 0 Å². The minimum atomic E-state index is -2.06. The molecule has 26 heavy (non-hydrogen) atoms. The van der Waals surface area contributed by atoms with Gasteiger partial charge in [-0.05, 0) is 29.8 Å². The second-order valence-corrected chi connectivity index (χ2v) is 6.63. The zero-order valence-corrected chi connectivity index (χ0v) is 14.7. The SMILES string of the molecule is O=S(O)Nc1ccc(CNc2c3ccccc3nc3ccccc23)cc1. The standard InChI is InChI=1S/C20H17N3O2S/c24-26(25)23-15-11-9-14(10-12-15)13-21-20-16-5-1-3-7-18(16)22-19-8-4-2-6-17(19)20/h1-12,23H,13H2,(H,21,22)(H,24,25). The lowest BCUT2D eigenvalue weighted by atomic mass is 10.1. The van der Waals surface area contributed by atoms with Crippen molar-refractivity contribution in [1.29, 1.82) is 0 Å². The molecule has 0 saturated carbocycles. The van der Waals surface area contributed by atoms with Gasteiger partial charge in [0, 0.05) is 23.0 Å². The first-order valence-electron chi connectivity index (χ1n) is 8.18. The Bertz CT molecular complexity index is 1040. The number of rotatable bonds is 5. The Kier molecular flexibility index (Phi) is 4.51. The van der Waals surface area contributed by atoms with E-state index in [4.69, 9.17) is 9.54 Å². The Morgan fingerprint density at radius 1 is 0.846 bits per heavy atom. The molecule has 0 radical (unpaired) electrons. The van der Waals surface area contributed by atoms with Crippen LogP contribution in [0.4, 0.5) is 11.4 Å². The van der Waals surface area contributed by atoms with E-state index in [1.807, 2.05) is 48.5 Å². The average molecular weight is 363 g/mol. The van der Waals surface area contributed by atoms with Crippen LogP contribution >= 0.6 is 0 Å². The van der Waals surface area contributed by atoms with E-state index >= 15 is 0 Å². The maximum atomic E-state index is 10.8. The fourth-order valence-electron chi connectivity index (χ4n) is 3.01. The number of nitrogens with zero attached hydrogens (tertiary/aromatic N) is 1. The molecule has 0 amide bonds. The van der Waals surface area contributed by atoms with Crippen LogP contribution in [0.5, 0.6) is 0 Å². The first kappa shape index (κ1) is 16.5. The number of aromatic nitrogens is 1. The maximum Gasteiger partial charge on any atom is 0.259 e. The fourth-order valence-corrected chi connectivity index (χ4v) is 3.35. The average Bonchev–Trinajstić information content (AvgIpc) is 2.66. The van der Waals surface area contributed by atoms with E-state index in [-0.39, 0.29) is 0 Å². The van der Waals surface area contributed by atoms with E-state index < -0.39 is 11.3 Å². The minimum Gasteiger partial charge on any atom is -0.380 e. The van der Waals surface area contributed by atoms with Gasteiger partial charge in [-0.25, -0.2) is 9.19 Å². The van der Waals surface area contributed by atoms with Crippen molar-refractivity contribution < 1.29 is 8.76 Å². The lowest BCUT2D eigenvalue weighted by Gasteiger charge is -2.13. The number of para-hydroxylation sites is 2. The van der Waals surface area contributed by atoms with E-state index in [0.29, 0.717) is 12.2 Å². The number of benzene rings is 3. The van der Waals surface area contributed by atoms with Crippen LogP contribution in [0.3, 0.4) is 0 Å². The molecule has 1 aromatic heterocycles. The summed E-state index contributed by atoms with van der Waals surface area (Å²) >= 11 is -2.06. The summed E-state index contributed by atoms with van der Waals surface area (Å²) in [6.45, 7) is 0.639. The van der Waals surface area contributed by atoms with E-state index in [9.17, 15) is 4.21 Å². The highest BCUT2D eigenvalue weighted by Crippen LogP contribution is 2.31. The first-order chi connectivity index (χ1) is 12.7. The molecule has 0 fully saturated rings. The third-order valence-corrected chi connectivity index (χ3v) is 4.63. The van der Waals surface area contributed by atoms with Crippen molar-refractivity contribution in [2.24, 2.45) is 0 Å². The number of hydrogen-bond donors (Lipinski definition) is 3. The van der Waals surface area contributed by atoms with Gasteiger partial charge in [-0.2, -0.15) is 0 Å². The number of hydrogen-bond acceptors (Lipinski definition) is 3. The van der Waals surface area contributed by atoms with Gasteiger partial charge in [-0.1, -0.05) is 48.5 Å². The second-order valence-electron chi connectivity index (χ2n) is 5.92. The summed E-state index contributed by atoms with van der Waals surface area (Å²) in [6.07, 6.45) is 0. The molecule has 3 N–H and O–H groups in total. The Morgan fingerprint density at radius 3 is 2.00 bits per heavy atom. The normalized spacial score (nSPS) is 12.2. The van der Waals surface area contributed by atoms with Crippen LogP contribution < -0.4 is 10.0 Å². The molecule has 0 aliphatic rings. The molecule has 0 bridgehead atoms. The van der Waals surface area contributed by atoms with E-state index in [2.05, 4.69) is 22.2 Å². The van der Waals surface area contributed by atoms with Crippen molar-refractivity contribution in [3.8, 4) is 0 Å². The van der Waals surface area contributed by atoms with Gasteiger partial charge in [0.2, 0.25) is 0 Å². The molecule has 130 valence electrons. The van der Waals surface area contributed by atoms with Crippen LogP contribution in [0, 0.1) is 0 Å². The van der Waals surface area contributed by atoms with Crippen molar-refractivity contribution >= 4 is 44.4 Å². The molecular formula is C20H17N3O2S. The Hall–Kier alpha value is -2.96. The Balaban J connectivity index is 1.66. The Labute approximate surface area is 153 Å². The molecule has 0 spiro atoms. The predicted molar refractivity (Wildman–Crippen MR) is 107 cm³/mol. The number of pyridine rings is 1. The summed E-state index contributed by atoms with van der Waals surface area (Å²) in [5.41, 5.74) is 4.65. The van der Waals surface area contributed by atoms with Crippen LogP contribution in [0.15, 0.2) is 72.8 Å². The monoisotopic (exact) mass is 363 g/mol. The van der Waals surface area contributed by atoms with Gasteiger partial charge in [0.05, 0.1) is 16.7 Å². The topological polar surface area (TPSA) is 74.2 Å². The summed E-state index contributed by atoms with van der Waals surface area (Å²) in [6, 6.07) is 23.6. The molecule has 4 aromatic rings. The van der Waals surface area contributed by atoms with Gasteiger partial charge in [-0.15, -0.1) is 0 Å². The highest BCUT2D eigenvalue weighted by atomic mass is 32.2. The molecule has 0 aliphatic heterocycles. The van der Waals surface area contributed by atoms with Crippen molar-refractivity contribution in [3.63, 3.8) is 0 Å². The molecule has 1 heterocycles. The van der Waals surface area contributed by atoms with Crippen LogP contribution in [-0.2, 0) is 17.8 Å². The highest BCUT2D eigenvalue weighted by molar-refractivity contribution is 7.80. The third-order valence-electron chi connectivity index (χ3n) is 4.22. The Morgan fingerprint density at radius 2 is 1.42 bits per heavy atom. The lowest BCUT2D eigenvalue weighted by Crippen LogP contribution is -2.03. The number of anilines is 2. The smallest absolute Gasteiger partial charge is 0.259 e. The molecule has 1 unspecified atom stereocenters. The number of nitrogens with one attached hydrogen (secondary N) is 2. The maximum absolute atomic E-state index is 10.8. The van der Waals surface area contributed by atoms with E-state index in [1.54, 1.807) is 12.1 Å².